The summed E-state index contributed by atoms with van der Waals surface area (Å²) in [5.41, 5.74) is 2.07. The van der Waals surface area contributed by atoms with Crippen LogP contribution in [0, 0.1) is 0 Å². The molecule has 0 radical (unpaired) electrons. The molecule has 0 aliphatic rings. The number of carbonyl (C=O) groups excluding carboxylic acids is 2. The third-order valence-corrected chi connectivity index (χ3v) is 7.86. The van der Waals surface area contributed by atoms with Gasteiger partial charge in [0.1, 0.15) is 37.5 Å². The summed E-state index contributed by atoms with van der Waals surface area (Å²) < 4.78 is 20.9. The van der Waals surface area contributed by atoms with E-state index in [-0.39, 0.29) is 44.6 Å². The second-order valence-corrected chi connectivity index (χ2v) is 11.7. The molecule has 1 N–H and O–H groups in total. The van der Waals surface area contributed by atoms with Gasteiger partial charge in [-0.25, -0.2) is 14.3 Å². The van der Waals surface area contributed by atoms with Gasteiger partial charge in [0, 0.05) is 51.4 Å². The molecule has 16 heteroatoms. The summed E-state index contributed by atoms with van der Waals surface area (Å²) >= 11 is 25.1. The highest BCUT2D eigenvalue weighted by atomic mass is 35.5. The van der Waals surface area contributed by atoms with E-state index in [2.05, 4.69) is 10.3 Å². The highest BCUT2D eigenvalue weighted by Gasteiger charge is 2.25. The molecule has 0 fully saturated rings. The van der Waals surface area contributed by atoms with Gasteiger partial charge in [-0.1, -0.05) is 64.6 Å². The lowest BCUT2D eigenvalue weighted by Crippen LogP contribution is -3.00. The molecule has 2 heterocycles. The fraction of sp³-hybridized carbons (Fsp3) is 0.290. The second-order valence-electron chi connectivity index (χ2n) is 9.98. The minimum absolute atomic E-state index is 0. The molecule has 0 aliphatic carbocycles. The summed E-state index contributed by atoms with van der Waals surface area (Å²) in [5.74, 6) is -0.109. The number of esters is 1. The van der Waals surface area contributed by atoms with Crippen LogP contribution in [0.3, 0.4) is 0 Å². The zero-order valence-corrected chi connectivity index (χ0v) is 30.1. The van der Waals surface area contributed by atoms with Gasteiger partial charge in [-0.2, -0.15) is 4.57 Å². The zero-order valence-electron chi connectivity index (χ0n) is 25.5. The van der Waals surface area contributed by atoms with Crippen molar-refractivity contribution in [2.75, 3.05) is 25.5 Å². The van der Waals surface area contributed by atoms with Crippen LogP contribution in [-0.2, 0) is 38.8 Å². The Labute approximate surface area is 305 Å². The summed E-state index contributed by atoms with van der Waals surface area (Å²) in [6, 6.07) is 13.9. The normalized spacial score (nSPS) is 11.9. The van der Waals surface area contributed by atoms with E-state index in [1.54, 1.807) is 73.7 Å². The van der Waals surface area contributed by atoms with E-state index in [1.807, 2.05) is 22.9 Å². The number of pyridine rings is 1. The lowest BCUT2D eigenvalue weighted by atomic mass is 10.1. The molecule has 2 unspecified atom stereocenters. The standard InChI is InChI=1S/C31H32Cl4N5O5.2ClH/c1-20(45-31(42)38(3)30-22(5-4-10-37-30)18-44-29(41)15-36-2)40-12-11-39(19-40)16-28(25-9-8-24(33)14-27(25)35)43-17-21-6-7-23(32)13-26(21)34;;/h4-14,19-20,28,36H,15-18H2,1-3H3;2*1H/q+1;;/p-1. The van der Waals surface area contributed by atoms with Crippen LogP contribution in [0.25, 0.3) is 0 Å². The van der Waals surface area contributed by atoms with E-state index in [0.29, 0.717) is 38.0 Å². The Hall–Kier alpha value is -2.80. The number of nitrogens with zero attached hydrogens (tertiary/aromatic N) is 4. The lowest BCUT2D eigenvalue weighted by Gasteiger charge is -2.20. The molecule has 0 spiro atoms. The van der Waals surface area contributed by atoms with Gasteiger partial charge < -0.3 is 31.9 Å². The number of halogens is 6. The summed E-state index contributed by atoms with van der Waals surface area (Å²) in [6.45, 7) is 2.36. The summed E-state index contributed by atoms with van der Waals surface area (Å²) in [5, 5.41) is 4.73. The Morgan fingerprint density at radius 3 is 2.40 bits per heavy atom. The van der Waals surface area contributed by atoms with Crippen LogP contribution < -0.4 is 27.2 Å². The molecule has 2 aromatic heterocycles. The first-order chi connectivity index (χ1) is 21.5. The number of hydrogen-bond acceptors (Lipinski definition) is 7. The molecule has 10 nitrogen and oxygen atoms in total. The van der Waals surface area contributed by atoms with Crippen LogP contribution in [0.4, 0.5) is 10.6 Å². The summed E-state index contributed by atoms with van der Waals surface area (Å²) in [7, 11) is 3.19. The van der Waals surface area contributed by atoms with Gasteiger partial charge in [0.25, 0.3) is 0 Å². The van der Waals surface area contributed by atoms with E-state index in [9.17, 15) is 9.59 Å². The number of anilines is 1. The average molecular weight is 768 g/mol. The van der Waals surface area contributed by atoms with Crippen molar-refractivity contribution >= 4 is 76.7 Å². The Balaban J connectivity index is 0.00000384. The van der Waals surface area contributed by atoms with Crippen molar-refractivity contribution in [2.24, 2.45) is 0 Å². The second kappa shape index (κ2) is 19.3. The van der Waals surface area contributed by atoms with E-state index >= 15 is 0 Å². The number of rotatable bonds is 13. The minimum Gasteiger partial charge on any atom is -1.00 e. The van der Waals surface area contributed by atoms with Crippen molar-refractivity contribution in [1.82, 2.24) is 14.9 Å². The molecule has 4 aromatic rings. The number of carbonyl (C=O) groups is 2. The molecule has 2 aromatic carbocycles. The van der Waals surface area contributed by atoms with Crippen LogP contribution in [0.5, 0.6) is 0 Å². The third-order valence-electron chi connectivity index (χ3n) is 6.71. The zero-order chi connectivity index (χ0) is 32.5. The molecule has 47 heavy (non-hydrogen) atoms. The van der Waals surface area contributed by atoms with Crippen molar-refractivity contribution in [2.45, 2.75) is 39.0 Å². The van der Waals surface area contributed by atoms with Gasteiger partial charge >= 0.3 is 12.1 Å². The van der Waals surface area contributed by atoms with Gasteiger partial charge in [-0.3, -0.25) is 9.69 Å². The highest BCUT2D eigenvalue weighted by Crippen LogP contribution is 2.31. The Morgan fingerprint density at radius 2 is 1.72 bits per heavy atom. The SMILES string of the molecule is CNCC(=O)OCc1cccnc1N(C)C(=O)OC(C)n1cc[n+](CC(OCc2ccc(Cl)cc2Cl)c2ccc(Cl)cc2Cl)c1.Cl.[Cl-]. The third kappa shape index (κ3) is 11.4. The van der Waals surface area contributed by atoms with Gasteiger partial charge in [0.05, 0.1) is 13.2 Å². The molecule has 0 saturated carbocycles. The number of aromatic nitrogens is 3. The van der Waals surface area contributed by atoms with Gasteiger partial charge in [-0.05, 0) is 42.9 Å². The van der Waals surface area contributed by atoms with E-state index in [1.165, 1.54) is 11.9 Å². The van der Waals surface area contributed by atoms with Crippen molar-refractivity contribution in [1.29, 1.82) is 0 Å². The predicted octanol–water partition coefficient (Wildman–Crippen LogP) is 4.22. The maximum absolute atomic E-state index is 13.1. The summed E-state index contributed by atoms with van der Waals surface area (Å²) in [6.07, 6.45) is 5.16. The maximum atomic E-state index is 13.1. The Bertz CT molecular complexity index is 1640. The fourth-order valence-corrected chi connectivity index (χ4v) is 5.32. The van der Waals surface area contributed by atoms with Crippen LogP contribution in [-0.4, -0.2) is 42.3 Å². The first kappa shape index (κ1) is 40.4. The average Bonchev–Trinajstić information content (AvgIpc) is 3.48. The number of likely N-dealkylation sites (N-methyl/N-ethyl adjacent to an activating group) is 1. The van der Waals surface area contributed by atoms with Crippen LogP contribution >= 0.6 is 58.8 Å². The van der Waals surface area contributed by atoms with Crippen LogP contribution in [0.15, 0.2) is 73.4 Å². The number of nitrogens with one attached hydrogen (secondary N) is 1. The number of hydrogen-bond donors (Lipinski definition) is 1. The predicted molar refractivity (Wildman–Crippen MR) is 180 cm³/mol. The van der Waals surface area contributed by atoms with E-state index in [4.69, 9.17) is 60.6 Å². The number of benzene rings is 2. The molecule has 4 rings (SSSR count). The Morgan fingerprint density at radius 1 is 1.02 bits per heavy atom. The molecule has 0 saturated heterocycles. The van der Waals surface area contributed by atoms with E-state index in [0.717, 1.165) is 11.1 Å². The van der Waals surface area contributed by atoms with Gasteiger partial charge in [0.2, 0.25) is 12.6 Å². The summed E-state index contributed by atoms with van der Waals surface area (Å²) in [4.78, 5) is 30.4. The van der Waals surface area contributed by atoms with Crippen LogP contribution in [0.2, 0.25) is 20.1 Å². The quantitative estimate of drug-likeness (QED) is 0.161. The van der Waals surface area contributed by atoms with Crippen molar-refractivity contribution in [3.63, 3.8) is 0 Å². The topological polar surface area (TPSA) is 98.8 Å². The number of ether oxygens (including phenoxy) is 3. The fourth-order valence-electron chi connectivity index (χ4n) is 4.33. The smallest absolute Gasteiger partial charge is 0.418 e. The number of imidazole rings is 1. The van der Waals surface area contributed by atoms with Crippen molar-refractivity contribution in [3.8, 4) is 0 Å². The molecule has 1 amide bonds. The monoisotopic (exact) mass is 765 g/mol. The van der Waals surface area contributed by atoms with Gasteiger partial charge in [0.15, 0.2) is 0 Å². The minimum atomic E-state index is -0.673. The van der Waals surface area contributed by atoms with Crippen molar-refractivity contribution < 1.29 is 40.8 Å². The lowest BCUT2D eigenvalue weighted by molar-refractivity contribution is -0.705. The highest BCUT2D eigenvalue weighted by molar-refractivity contribution is 6.35. The first-order valence-corrected chi connectivity index (χ1v) is 15.3. The molecule has 0 bridgehead atoms. The maximum Gasteiger partial charge on any atom is 0.418 e. The van der Waals surface area contributed by atoms with Crippen molar-refractivity contribution in [3.05, 3.63) is 110 Å². The van der Waals surface area contributed by atoms with Crippen LogP contribution in [0.1, 0.15) is 35.9 Å². The molecular formula is C31H33Cl6N5O5. The first-order valence-electron chi connectivity index (χ1n) is 13.8. The van der Waals surface area contributed by atoms with E-state index < -0.39 is 24.4 Å². The molecular weight excluding hydrogens is 735 g/mol. The molecule has 2 atom stereocenters. The number of amides is 1. The van der Waals surface area contributed by atoms with Gasteiger partial charge in [-0.15, -0.1) is 12.4 Å². The molecule has 0 aliphatic heterocycles. The largest absolute Gasteiger partial charge is 1.00 e. The Kier molecular flexibility index (Phi) is 16.5. The molecule has 254 valence electrons.